The number of aromatic nitrogens is 2. The summed E-state index contributed by atoms with van der Waals surface area (Å²) in [6, 6.07) is 5.47. The number of nitrogen functional groups attached to an aromatic ring is 1. The summed E-state index contributed by atoms with van der Waals surface area (Å²) in [4.78, 5) is 7.49. The van der Waals surface area contributed by atoms with Crippen molar-refractivity contribution in [1.29, 1.82) is 0 Å². The smallest absolute Gasteiger partial charge is 0.247 e. The molecule has 0 fully saturated rings. The number of nitrogens with zero attached hydrogens (tertiary/aromatic N) is 2. The summed E-state index contributed by atoms with van der Waals surface area (Å²) in [7, 11) is 0. The highest BCUT2D eigenvalue weighted by Gasteiger charge is 2.05. The molecule has 0 aliphatic heterocycles. The van der Waals surface area contributed by atoms with Crippen LogP contribution < -0.4 is 10.5 Å². The van der Waals surface area contributed by atoms with Crippen molar-refractivity contribution in [3.8, 4) is 11.6 Å². The second-order valence-corrected chi connectivity index (χ2v) is 3.29. The first kappa shape index (κ1) is 10.6. The minimum atomic E-state index is -0.346. The molecule has 2 N–H and O–H groups in total. The van der Waals surface area contributed by atoms with Crippen LogP contribution in [0.25, 0.3) is 0 Å². The van der Waals surface area contributed by atoms with E-state index >= 15 is 0 Å². The van der Waals surface area contributed by atoms with Gasteiger partial charge in [0.2, 0.25) is 11.2 Å². The van der Waals surface area contributed by atoms with Crippen molar-refractivity contribution >= 4 is 17.3 Å². The van der Waals surface area contributed by atoms with E-state index in [9.17, 15) is 4.39 Å². The molecule has 6 heteroatoms. The second kappa shape index (κ2) is 4.32. The summed E-state index contributed by atoms with van der Waals surface area (Å²) < 4.78 is 18.0. The molecule has 0 spiro atoms. The Morgan fingerprint density at radius 2 is 1.94 bits per heavy atom. The fourth-order valence-electron chi connectivity index (χ4n) is 1.05. The number of rotatable bonds is 2. The zero-order valence-electron chi connectivity index (χ0n) is 8.02. The highest BCUT2D eigenvalue weighted by molar-refractivity contribution is 6.28. The van der Waals surface area contributed by atoms with Crippen LogP contribution in [0.3, 0.4) is 0 Å². The first-order valence-corrected chi connectivity index (χ1v) is 4.74. The van der Waals surface area contributed by atoms with Crippen LogP contribution in [-0.4, -0.2) is 9.97 Å². The molecule has 2 aromatic rings. The average molecular weight is 240 g/mol. The Balaban J connectivity index is 2.26. The van der Waals surface area contributed by atoms with Gasteiger partial charge in [0, 0.05) is 0 Å². The van der Waals surface area contributed by atoms with E-state index in [-0.39, 0.29) is 22.7 Å². The molecule has 1 aromatic carbocycles. The van der Waals surface area contributed by atoms with E-state index in [1.165, 1.54) is 30.5 Å². The number of nitrogens with two attached hydrogens (primary N) is 1. The maximum atomic E-state index is 12.6. The van der Waals surface area contributed by atoms with Crippen LogP contribution in [0.15, 0.2) is 30.5 Å². The van der Waals surface area contributed by atoms with Crippen LogP contribution in [0.2, 0.25) is 5.28 Å². The Bertz CT molecular complexity index is 504. The normalized spacial score (nSPS) is 10.1. The van der Waals surface area contributed by atoms with Gasteiger partial charge in [-0.1, -0.05) is 0 Å². The van der Waals surface area contributed by atoms with E-state index in [0.29, 0.717) is 5.75 Å². The summed E-state index contributed by atoms with van der Waals surface area (Å²) in [5, 5.41) is 0.0336. The number of anilines is 1. The van der Waals surface area contributed by atoms with Crippen molar-refractivity contribution in [2.75, 3.05) is 5.73 Å². The molecule has 0 amide bonds. The standard InChI is InChI=1S/C10H7ClFN3O/c11-10-14-5-8(13)9(15-10)16-7-3-1-6(12)2-4-7/h1-5H,13H2. The largest absolute Gasteiger partial charge is 0.437 e. The van der Waals surface area contributed by atoms with Crippen molar-refractivity contribution < 1.29 is 9.13 Å². The van der Waals surface area contributed by atoms with E-state index < -0.39 is 0 Å². The summed E-state index contributed by atoms with van der Waals surface area (Å²) in [5.41, 5.74) is 5.84. The maximum absolute atomic E-state index is 12.6. The molecular formula is C10H7ClFN3O. The molecule has 1 aromatic heterocycles. The molecule has 4 nitrogen and oxygen atoms in total. The fourth-order valence-corrected chi connectivity index (χ4v) is 1.18. The number of ether oxygens (including phenoxy) is 1. The van der Waals surface area contributed by atoms with Crippen LogP contribution in [0.5, 0.6) is 11.6 Å². The lowest BCUT2D eigenvalue weighted by Crippen LogP contribution is -1.96. The van der Waals surface area contributed by atoms with Crippen molar-refractivity contribution in [3.05, 3.63) is 41.6 Å². The van der Waals surface area contributed by atoms with E-state index in [1.54, 1.807) is 0 Å². The molecule has 0 unspecified atom stereocenters. The van der Waals surface area contributed by atoms with Gasteiger partial charge in [-0.2, -0.15) is 4.98 Å². The van der Waals surface area contributed by atoms with Gasteiger partial charge in [-0.3, -0.25) is 0 Å². The number of hydrogen-bond acceptors (Lipinski definition) is 4. The van der Waals surface area contributed by atoms with Gasteiger partial charge in [-0.15, -0.1) is 0 Å². The number of hydrogen-bond donors (Lipinski definition) is 1. The average Bonchev–Trinajstić information content (AvgIpc) is 2.27. The Hall–Kier alpha value is -1.88. The first-order chi connectivity index (χ1) is 7.65. The molecule has 2 rings (SSSR count). The van der Waals surface area contributed by atoms with Crippen LogP contribution in [-0.2, 0) is 0 Å². The van der Waals surface area contributed by atoms with Crippen molar-refractivity contribution in [1.82, 2.24) is 9.97 Å². The van der Waals surface area contributed by atoms with Gasteiger partial charge >= 0.3 is 0 Å². The lowest BCUT2D eigenvalue weighted by Gasteiger charge is -2.06. The third-order valence-electron chi connectivity index (χ3n) is 1.78. The Kier molecular flexibility index (Phi) is 2.87. The van der Waals surface area contributed by atoms with Crippen molar-refractivity contribution in [3.63, 3.8) is 0 Å². The van der Waals surface area contributed by atoms with E-state index in [2.05, 4.69) is 9.97 Å². The van der Waals surface area contributed by atoms with Gasteiger partial charge in [0.1, 0.15) is 17.3 Å². The topological polar surface area (TPSA) is 61.0 Å². The molecule has 0 bridgehead atoms. The predicted octanol–water partition coefficient (Wildman–Crippen LogP) is 2.64. The second-order valence-electron chi connectivity index (χ2n) is 2.96. The molecule has 0 saturated heterocycles. The van der Waals surface area contributed by atoms with Crippen molar-refractivity contribution in [2.45, 2.75) is 0 Å². The van der Waals surface area contributed by atoms with Crippen LogP contribution in [0, 0.1) is 5.82 Å². The molecular weight excluding hydrogens is 233 g/mol. The highest BCUT2D eigenvalue weighted by atomic mass is 35.5. The summed E-state index contributed by atoms with van der Waals surface area (Å²) in [5.74, 6) is 0.218. The third kappa shape index (κ3) is 2.38. The molecule has 1 heterocycles. The van der Waals surface area contributed by atoms with Crippen LogP contribution in [0.1, 0.15) is 0 Å². The van der Waals surface area contributed by atoms with Gasteiger partial charge in [0.25, 0.3) is 0 Å². The van der Waals surface area contributed by atoms with Crippen molar-refractivity contribution in [2.24, 2.45) is 0 Å². The van der Waals surface area contributed by atoms with E-state index in [0.717, 1.165) is 0 Å². The minimum Gasteiger partial charge on any atom is -0.437 e. The molecule has 16 heavy (non-hydrogen) atoms. The lowest BCUT2D eigenvalue weighted by molar-refractivity contribution is 0.462. The molecule has 0 aliphatic carbocycles. The number of benzene rings is 1. The monoisotopic (exact) mass is 239 g/mol. The Morgan fingerprint density at radius 1 is 1.25 bits per heavy atom. The minimum absolute atomic E-state index is 0.0336. The van der Waals surface area contributed by atoms with Gasteiger partial charge in [-0.05, 0) is 35.9 Å². The molecule has 0 saturated carbocycles. The Morgan fingerprint density at radius 3 is 2.62 bits per heavy atom. The predicted molar refractivity (Wildman–Crippen MR) is 57.9 cm³/mol. The Labute approximate surface area is 95.9 Å². The first-order valence-electron chi connectivity index (χ1n) is 4.36. The highest BCUT2D eigenvalue weighted by Crippen LogP contribution is 2.25. The SMILES string of the molecule is Nc1cnc(Cl)nc1Oc1ccc(F)cc1. The zero-order valence-corrected chi connectivity index (χ0v) is 8.78. The molecule has 82 valence electrons. The van der Waals surface area contributed by atoms with Crippen LogP contribution >= 0.6 is 11.6 Å². The quantitative estimate of drug-likeness (QED) is 0.819. The van der Waals surface area contributed by atoms with Gasteiger partial charge < -0.3 is 10.5 Å². The molecule has 0 radical (unpaired) electrons. The summed E-state index contributed by atoms with van der Waals surface area (Å²) in [6.45, 7) is 0. The lowest BCUT2D eigenvalue weighted by atomic mass is 10.3. The van der Waals surface area contributed by atoms with E-state index in [1.807, 2.05) is 0 Å². The van der Waals surface area contributed by atoms with Crippen LogP contribution in [0.4, 0.5) is 10.1 Å². The van der Waals surface area contributed by atoms with Gasteiger partial charge in [0.05, 0.1) is 6.20 Å². The molecule has 0 atom stereocenters. The summed E-state index contributed by atoms with van der Waals surface area (Å²) >= 11 is 5.59. The molecule has 0 aliphatic rings. The van der Waals surface area contributed by atoms with Gasteiger partial charge in [0.15, 0.2) is 0 Å². The number of halogens is 2. The van der Waals surface area contributed by atoms with Gasteiger partial charge in [-0.25, -0.2) is 9.37 Å². The fraction of sp³-hybridized carbons (Fsp3) is 0. The third-order valence-corrected chi connectivity index (χ3v) is 1.96. The van der Waals surface area contributed by atoms with E-state index in [4.69, 9.17) is 22.1 Å². The maximum Gasteiger partial charge on any atom is 0.247 e. The summed E-state index contributed by atoms with van der Waals surface area (Å²) in [6.07, 6.45) is 1.34. The zero-order chi connectivity index (χ0) is 11.5.